The highest BCUT2D eigenvalue weighted by Gasteiger charge is 2.35. The van der Waals surface area contributed by atoms with Crippen LogP contribution in [-0.2, 0) is 19.4 Å². The monoisotopic (exact) mass is 353 g/mol. The Morgan fingerprint density at radius 3 is 2.29 bits per heavy atom. The van der Waals surface area contributed by atoms with Crippen LogP contribution in [-0.4, -0.2) is 55.9 Å². The van der Waals surface area contributed by atoms with Crippen molar-refractivity contribution in [2.75, 3.05) is 18.6 Å². The van der Waals surface area contributed by atoms with Gasteiger partial charge in [-0.15, -0.1) is 0 Å². The van der Waals surface area contributed by atoms with E-state index in [1.165, 1.54) is 11.8 Å². The third kappa shape index (κ3) is 4.35. The summed E-state index contributed by atoms with van der Waals surface area (Å²) in [5.74, 6) is -0.899. The van der Waals surface area contributed by atoms with E-state index < -0.39 is 27.8 Å². The molecule has 7 heteroatoms. The highest BCUT2D eigenvalue weighted by molar-refractivity contribution is 7.91. The number of sulfone groups is 1. The van der Waals surface area contributed by atoms with Crippen molar-refractivity contribution in [3.63, 3.8) is 0 Å². The molecule has 1 amide bonds. The van der Waals surface area contributed by atoms with Crippen molar-refractivity contribution in [2.45, 2.75) is 39.3 Å². The Morgan fingerprint density at radius 2 is 1.79 bits per heavy atom. The van der Waals surface area contributed by atoms with Crippen LogP contribution in [0.1, 0.15) is 34.8 Å². The first-order chi connectivity index (χ1) is 11.1. The molecule has 1 aromatic carbocycles. The first kappa shape index (κ1) is 18.4. The summed E-state index contributed by atoms with van der Waals surface area (Å²) in [5.41, 5.74) is 2.28. The number of ether oxygens (including phenoxy) is 1. The molecule has 1 heterocycles. The van der Waals surface area contributed by atoms with Gasteiger partial charge in [-0.3, -0.25) is 4.79 Å². The van der Waals surface area contributed by atoms with E-state index in [2.05, 4.69) is 0 Å². The molecule has 132 valence electrons. The maximum absolute atomic E-state index is 12.4. The maximum Gasteiger partial charge on any atom is 0.338 e. The fourth-order valence-electron chi connectivity index (χ4n) is 2.92. The van der Waals surface area contributed by atoms with Gasteiger partial charge in [-0.1, -0.05) is 17.2 Å². The molecule has 1 aliphatic heterocycles. The number of aryl methyl sites for hydroxylation is 2. The average molecular weight is 353 g/mol. The molecule has 0 N–H and O–H groups in total. The van der Waals surface area contributed by atoms with Gasteiger partial charge in [0, 0.05) is 13.1 Å². The van der Waals surface area contributed by atoms with Crippen molar-refractivity contribution in [1.29, 1.82) is 0 Å². The average Bonchev–Trinajstić information content (AvgIpc) is 2.84. The molecular weight excluding hydrogens is 330 g/mol. The number of amides is 1. The molecule has 1 saturated heterocycles. The van der Waals surface area contributed by atoms with E-state index in [-0.39, 0.29) is 17.5 Å². The van der Waals surface area contributed by atoms with E-state index in [1.54, 1.807) is 19.2 Å². The maximum atomic E-state index is 12.4. The molecule has 1 aliphatic rings. The number of carbonyl (C=O) groups excluding carboxylic acids is 2. The number of likely N-dealkylation sites (N-methyl/N-ethyl adjacent to an activating group) is 1. The van der Waals surface area contributed by atoms with Crippen molar-refractivity contribution < 1.29 is 22.7 Å². The molecule has 24 heavy (non-hydrogen) atoms. The highest BCUT2D eigenvalue weighted by Crippen LogP contribution is 2.18. The van der Waals surface area contributed by atoms with Gasteiger partial charge in [0.2, 0.25) is 0 Å². The van der Waals surface area contributed by atoms with Crippen molar-refractivity contribution in [1.82, 2.24) is 4.90 Å². The van der Waals surface area contributed by atoms with Gasteiger partial charge in [0.1, 0.15) is 0 Å². The molecule has 0 bridgehead atoms. The Morgan fingerprint density at radius 1 is 1.21 bits per heavy atom. The number of hydrogen-bond donors (Lipinski definition) is 0. The van der Waals surface area contributed by atoms with Crippen LogP contribution in [0.15, 0.2) is 18.2 Å². The van der Waals surface area contributed by atoms with Gasteiger partial charge < -0.3 is 9.64 Å². The van der Waals surface area contributed by atoms with Gasteiger partial charge in [0.15, 0.2) is 15.9 Å². The van der Waals surface area contributed by atoms with Gasteiger partial charge in [-0.05, 0) is 39.3 Å². The van der Waals surface area contributed by atoms with Gasteiger partial charge in [-0.2, -0.15) is 0 Å². The Balaban J connectivity index is 2.01. The number of hydrogen-bond acceptors (Lipinski definition) is 5. The van der Waals surface area contributed by atoms with Crippen LogP contribution in [0, 0.1) is 13.8 Å². The first-order valence-electron chi connectivity index (χ1n) is 7.85. The van der Waals surface area contributed by atoms with E-state index in [9.17, 15) is 18.0 Å². The molecule has 0 radical (unpaired) electrons. The third-order valence-electron chi connectivity index (χ3n) is 4.19. The Labute approximate surface area is 142 Å². The van der Waals surface area contributed by atoms with E-state index in [1.807, 2.05) is 19.9 Å². The number of nitrogens with zero attached hydrogens (tertiary/aromatic N) is 1. The summed E-state index contributed by atoms with van der Waals surface area (Å²) in [6.45, 7) is 5.27. The molecule has 0 aliphatic carbocycles. The summed E-state index contributed by atoms with van der Waals surface area (Å²) >= 11 is 0. The fraction of sp³-hybridized carbons (Fsp3) is 0.529. The van der Waals surface area contributed by atoms with Crippen molar-refractivity contribution in [3.8, 4) is 0 Å². The number of benzene rings is 1. The summed E-state index contributed by atoms with van der Waals surface area (Å²) < 4.78 is 28.3. The van der Waals surface area contributed by atoms with Crippen LogP contribution in [0.4, 0.5) is 0 Å². The zero-order valence-corrected chi connectivity index (χ0v) is 15.2. The van der Waals surface area contributed by atoms with Crippen molar-refractivity contribution in [2.24, 2.45) is 0 Å². The quantitative estimate of drug-likeness (QED) is 0.766. The molecule has 1 fully saturated rings. The fourth-order valence-corrected chi connectivity index (χ4v) is 4.69. The normalized spacial score (nSPS) is 20.4. The van der Waals surface area contributed by atoms with Crippen LogP contribution in [0.2, 0.25) is 0 Å². The largest absolute Gasteiger partial charge is 0.449 e. The molecule has 2 unspecified atom stereocenters. The number of esters is 1. The first-order valence-corrected chi connectivity index (χ1v) is 9.67. The van der Waals surface area contributed by atoms with E-state index in [0.717, 1.165) is 11.1 Å². The highest BCUT2D eigenvalue weighted by atomic mass is 32.2. The van der Waals surface area contributed by atoms with Crippen LogP contribution in [0.25, 0.3) is 0 Å². The molecule has 6 nitrogen and oxygen atoms in total. The zero-order chi connectivity index (χ0) is 18.1. The Bertz CT molecular complexity index is 736. The zero-order valence-electron chi connectivity index (χ0n) is 14.4. The summed E-state index contributed by atoms with van der Waals surface area (Å²) in [7, 11) is -1.53. The smallest absolute Gasteiger partial charge is 0.338 e. The Hall–Kier alpha value is -1.89. The van der Waals surface area contributed by atoms with Crippen molar-refractivity contribution in [3.05, 3.63) is 34.9 Å². The van der Waals surface area contributed by atoms with Gasteiger partial charge >= 0.3 is 5.97 Å². The summed E-state index contributed by atoms with van der Waals surface area (Å²) in [6.07, 6.45) is -0.547. The van der Waals surface area contributed by atoms with Crippen LogP contribution < -0.4 is 0 Å². The predicted octanol–water partition coefficient (Wildman–Crippen LogP) is 1.49. The lowest BCUT2D eigenvalue weighted by Gasteiger charge is -2.26. The minimum atomic E-state index is -3.08. The summed E-state index contributed by atoms with van der Waals surface area (Å²) in [5, 5.41) is 0. The molecule has 1 aromatic rings. The van der Waals surface area contributed by atoms with E-state index in [0.29, 0.717) is 12.0 Å². The molecule has 2 atom stereocenters. The Kier molecular flexibility index (Phi) is 5.32. The van der Waals surface area contributed by atoms with Gasteiger partial charge in [-0.25, -0.2) is 13.2 Å². The molecule has 0 aromatic heterocycles. The van der Waals surface area contributed by atoms with Gasteiger partial charge in [0.05, 0.1) is 17.1 Å². The second kappa shape index (κ2) is 6.93. The van der Waals surface area contributed by atoms with E-state index in [4.69, 9.17) is 4.74 Å². The van der Waals surface area contributed by atoms with Crippen LogP contribution in [0.5, 0.6) is 0 Å². The van der Waals surface area contributed by atoms with Crippen molar-refractivity contribution >= 4 is 21.7 Å². The van der Waals surface area contributed by atoms with Crippen LogP contribution >= 0.6 is 0 Å². The number of carbonyl (C=O) groups is 2. The predicted molar refractivity (Wildman–Crippen MR) is 90.6 cm³/mol. The lowest BCUT2D eigenvalue weighted by Crippen LogP contribution is -2.44. The van der Waals surface area contributed by atoms with Gasteiger partial charge in [0.25, 0.3) is 5.91 Å². The molecular formula is C17H23NO5S. The minimum absolute atomic E-state index is 0.0347. The summed E-state index contributed by atoms with van der Waals surface area (Å²) in [4.78, 5) is 26.0. The summed E-state index contributed by atoms with van der Waals surface area (Å²) in [6, 6.07) is 5.00. The second-order valence-electron chi connectivity index (χ2n) is 6.43. The lowest BCUT2D eigenvalue weighted by molar-refractivity contribution is -0.140. The lowest BCUT2D eigenvalue weighted by atomic mass is 10.1. The molecule has 0 spiro atoms. The number of rotatable bonds is 4. The second-order valence-corrected chi connectivity index (χ2v) is 8.66. The molecule has 2 rings (SSSR count). The topological polar surface area (TPSA) is 80.8 Å². The third-order valence-corrected chi connectivity index (χ3v) is 5.94. The molecule has 0 saturated carbocycles. The standard InChI is InChI=1S/C17H23NO5S/c1-11-7-12(2)9-14(8-11)17(20)23-13(3)16(19)18(4)15-5-6-24(21,22)10-15/h7-9,13,15H,5-6,10H2,1-4H3. The van der Waals surface area contributed by atoms with Crippen LogP contribution in [0.3, 0.4) is 0 Å². The minimum Gasteiger partial charge on any atom is -0.449 e. The SMILES string of the molecule is Cc1cc(C)cc(C(=O)OC(C)C(=O)N(C)C2CCS(=O)(=O)C2)c1. The van der Waals surface area contributed by atoms with E-state index >= 15 is 0 Å².